The molecule has 0 saturated carbocycles. The summed E-state index contributed by atoms with van der Waals surface area (Å²) in [6.07, 6.45) is 0. The van der Waals surface area contributed by atoms with Crippen molar-refractivity contribution in [2.75, 3.05) is 13.2 Å². The second kappa shape index (κ2) is 8.41. The van der Waals surface area contributed by atoms with E-state index in [-0.39, 0.29) is 0 Å². The molecule has 1 heterocycles. The second-order valence-corrected chi connectivity index (χ2v) is 6.29. The van der Waals surface area contributed by atoms with Gasteiger partial charge in [0.1, 0.15) is 6.61 Å². The molecule has 0 bridgehead atoms. The maximum absolute atomic E-state index is 6.06. The van der Waals surface area contributed by atoms with E-state index in [1.165, 1.54) is 4.88 Å². The number of hydrogen-bond acceptors (Lipinski definition) is 4. The van der Waals surface area contributed by atoms with Crippen molar-refractivity contribution in [2.45, 2.75) is 27.0 Å². The van der Waals surface area contributed by atoms with Gasteiger partial charge in [-0.15, -0.1) is 11.3 Å². The summed E-state index contributed by atoms with van der Waals surface area (Å²) in [5.41, 5.74) is 1.12. The molecule has 0 aliphatic heterocycles. The van der Waals surface area contributed by atoms with Gasteiger partial charge in [-0.1, -0.05) is 19.1 Å². The van der Waals surface area contributed by atoms with Crippen molar-refractivity contribution in [3.05, 3.63) is 44.6 Å². The van der Waals surface area contributed by atoms with E-state index in [1.807, 2.05) is 25.1 Å². The summed E-state index contributed by atoms with van der Waals surface area (Å²) in [5.74, 6) is 1.64. The summed E-state index contributed by atoms with van der Waals surface area (Å²) in [6.45, 7) is 6.95. The zero-order valence-electron chi connectivity index (χ0n) is 12.3. The first kappa shape index (κ1) is 16.3. The van der Waals surface area contributed by atoms with Crippen LogP contribution < -0.4 is 14.8 Å². The van der Waals surface area contributed by atoms with Gasteiger partial charge in [0.2, 0.25) is 0 Å². The molecule has 2 aromatic rings. The third-order valence-corrected chi connectivity index (χ3v) is 4.86. The number of para-hydroxylation sites is 1. The molecule has 0 amide bonds. The number of halogens is 1. The van der Waals surface area contributed by atoms with Gasteiger partial charge in [0.05, 0.1) is 11.5 Å². The van der Waals surface area contributed by atoms with Crippen molar-refractivity contribution >= 4 is 27.3 Å². The van der Waals surface area contributed by atoms with Crippen LogP contribution in [0.25, 0.3) is 0 Å². The van der Waals surface area contributed by atoms with Crippen molar-refractivity contribution in [3.8, 4) is 11.5 Å². The highest BCUT2D eigenvalue weighted by Crippen LogP contribution is 2.33. The van der Waals surface area contributed by atoms with Gasteiger partial charge in [0, 0.05) is 16.6 Å². The molecule has 0 aliphatic carbocycles. The molecule has 0 atom stereocenters. The molecular formula is C16H20BrNO2S. The van der Waals surface area contributed by atoms with Gasteiger partial charge in [-0.25, -0.2) is 0 Å². The minimum Gasteiger partial charge on any atom is -0.490 e. The fourth-order valence-electron chi connectivity index (χ4n) is 1.96. The predicted octanol–water partition coefficient (Wildman–Crippen LogP) is 4.60. The molecular weight excluding hydrogens is 350 g/mol. The Morgan fingerprint density at radius 3 is 2.71 bits per heavy atom. The van der Waals surface area contributed by atoms with Crippen LogP contribution >= 0.6 is 27.3 Å². The Morgan fingerprint density at radius 2 is 2.05 bits per heavy atom. The Balaban J connectivity index is 2.18. The molecule has 2 rings (SSSR count). The fraction of sp³-hybridized carbons (Fsp3) is 0.375. The smallest absolute Gasteiger partial charge is 0.166 e. The average Bonchev–Trinajstić information content (AvgIpc) is 2.89. The van der Waals surface area contributed by atoms with Gasteiger partial charge >= 0.3 is 0 Å². The summed E-state index contributed by atoms with van der Waals surface area (Å²) >= 11 is 5.22. The monoisotopic (exact) mass is 369 g/mol. The summed E-state index contributed by atoms with van der Waals surface area (Å²) < 4.78 is 12.8. The van der Waals surface area contributed by atoms with Crippen LogP contribution in [-0.4, -0.2) is 13.2 Å². The quantitative estimate of drug-likeness (QED) is 0.737. The molecule has 0 unspecified atom stereocenters. The molecule has 1 aromatic carbocycles. The first-order chi connectivity index (χ1) is 10.3. The Labute approximate surface area is 138 Å². The number of thiophene rings is 1. The SMILES string of the molecule is CCNCc1cccc(OCC)c1OCc1sccc1Br. The molecule has 0 aliphatic rings. The number of nitrogens with one attached hydrogen (secondary N) is 1. The molecule has 3 nitrogen and oxygen atoms in total. The molecule has 0 radical (unpaired) electrons. The van der Waals surface area contributed by atoms with Crippen molar-refractivity contribution in [1.82, 2.24) is 5.32 Å². The van der Waals surface area contributed by atoms with Crippen LogP contribution in [0.2, 0.25) is 0 Å². The lowest BCUT2D eigenvalue weighted by molar-refractivity contribution is 0.268. The zero-order valence-corrected chi connectivity index (χ0v) is 14.7. The first-order valence-electron chi connectivity index (χ1n) is 7.06. The van der Waals surface area contributed by atoms with Crippen molar-refractivity contribution in [2.24, 2.45) is 0 Å². The predicted molar refractivity (Wildman–Crippen MR) is 91.3 cm³/mol. The van der Waals surface area contributed by atoms with E-state index in [0.717, 1.165) is 34.6 Å². The largest absolute Gasteiger partial charge is 0.490 e. The minimum absolute atomic E-state index is 0.543. The standard InChI is InChI=1S/C16H20BrNO2S/c1-3-18-10-12-6-5-7-14(19-4-2)16(12)20-11-15-13(17)8-9-21-15/h5-9,18H,3-4,10-11H2,1-2H3. The van der Waals surface area contributed by atoms with Crippen molar-refractivity contribution in [1.29, 1.82) is 0 Å². The van der Waals surface area contributed by atoms with Crippen LogP contribution in [0.5, 0.6) is 11.5 Å². The number of rotatable bonds is 8. The minimum atomic E-state index is 0.543. The van der Waals surface area contributed by atoms with Gasteiger partial charge in [0.15, 0.2) is 11.5 Å². The lowest BCUT2D eigenvalue weighted by Crippen LogP contribution is -2.13. The van der Waals surface area contributed by atoms with E-state index in [0.29, 0.717) is 13.2 Å². The number of ether oxygens (including phenoxy) is 2. The van der Waals surface area contributed by atoms with Gasteiger partial charge in [0.25, 0.3) is 0 Å². The lowest BCUT2D eigenvalue weighted by Gasteiger charge is -2.16. The van der Waals surface area contributed by atoms with E-state index in [4.69, 9.17) is 9.47 Å². The molecule has 1 N–H and O–H groups in total. The van der Waals surface area contributed by atoms with E-state index < -0.39 is 0 Å². The maximum atomic E-state index is 6.06. The van der Waals surface area contributed by atoms with Crippen LogP contribution in [0.15, 0.2) is 34.1 Å². The summed E-state index contributed by atoms with van der Waals surface area (Å²) in [4.78, 5) is 1.18. The lowest BCUT2D eigenvalue weighted by atomic mass is 10.2. The molecule has 1 aromatic heterocycles. The number of hydrogen-bond donors (Lipinski definition) is 1. The Morgan fingerprint density at radius 1 is 1.19 bits per heavy atom. The molecule has 0 saturated heterocycles. The molecule has 114 valence electrons. The first-order valence-corrected chi connectivity index (χ1v) is 8.73. The summed E-state index contributed by atoms with van der Waals surface area (Å²) in [5, 5.41) is 5.39. The van der Waals surface area contributed by atoms with E-state index >= 15 is 0 Å². The van der Waals surface area contributed by atoms with E-state index in [1.54, 1.807) is 11.3 Å². The van der Waals surface area contributed by atoms with E-state index in [2.05, 4.69) is 39.6 Å². The molecule has 21 heavy (non-hydrogen) atoms. The highest BCUT2D eigenvalue weighted by atomic mass is 79.9. The highest BCUT2D eigenvalue weighted by molar-refractivity contribution is 9.10. The van der Waals surface area contributed by atoms with E-state index in [9.17, 15) is 0 Å². The van der Waals surface area contributed by atoms with Gasteiger partial charge in [-0.2, -0.15) is 0 Å². The zero-order chi connectivity index (χ0) is 15.1. The Bertz CT molecular complexity index is 571. The third kappa shape index (κ3) is 4.46. The maximum Gasteiger partial charge on any atom is 0.166 e. The van der Waals surface area contributed by atoms with Crippen LogP contribution in [0.1, 0.15) is 24.3 Å². The van der Waals surface area contributed by atoms with Crippen LogP contribution in [-0.2, 0) is 13.2 Å². The molecule has 0 spiro atoms. The van der Waals surface area contributed by atoms with Crippen molar-refractivity contribution in [3.63, 3.8) is 0 Å². The highest BCUT2D eigenvalue weighted by Gasteiger charge is 2.12. The molecule has 5 heteroatoms. The normalized spacial score (nSPS) is 10.6. The third-order valence-electron chi connectivity index (χ3n) is 2.96. The summed E-state index contributed by atoms with van der Waals surface area (Å²) in [7, 11) is 0. The van der Waals surface area contributed by atoms with Gasteiger partial charge in [-0.05, 0) is 46.9 Å². The Kier molecular flexibility index (Phi) is 6.54. The van der Waals surface area contributed by atoms with Gasteiger partial charge < -0.3 is 14.8 Å². The average molecular weight is 370 g/mol. The van der Waals surface area contributed by atoms with Crippen LogP contribution in [0, 0.1) is 0 Å². The molecule has 0 fully saturated rings. The Hall–Kier alpha value is -1.04. The van der Waals surface area contributed by atoms with Crippen molar-refractivity contribution < 1.29 is 9.47 Å². The summed E-state index contributed by atoms with van der Waals surface area (Å²) in [6, 6.07) is 8.07. The topological polar surface area (TPSA) is 30.5 Å². The number of benzene rings is 1. The van der Waals surface area contributed by atoms with Gasteiger partial charge in [-0.3, -0.25) is 0 Å². The van der Waals surface area contributed by atoms with Crippen LogP contribution in [0.3, 0.4) is 0 Å². The second-order valence-electron chi connectivity index (χ2n) is 4.44. The fourth-order valence-corrected chi connectivity index (χ4v) is 3.34. The van der Waals surface area contributed by atoms with Crippen LogP contribution in [0.4, 0.5) is 0 Å².